The Morgan fingerprint density at radius 3 is 2.23 bits per heavy atom. The van der Waals surface area contributed by atoms with Crippen molar-refractivity contribution in [3.63, 3.8) is 0 Å². The highest BCUT2D eigenvalue weighted by Crippen LogP contribution is 2.22. The second-order valence-corrected chi connectivity index (χ2v) is 7.64. The Hall–Kier alpha value is -3.06. The Balaban J connectivity index is 1.86. The predicted octanol–water partition coefficient (Wildman–Crippen LogP) is 3.09. The molecule has 3 aromatic rings. The summed E-state index contributed by atoms with van der Waals surface area (Å²) < 4.78 is 27.0. The number of benzene rings is 2. The Kier molecular flexibility index (Phi) is 5.09. The zero-order valence-electron chi connectivity index (χ0n) is 14.2. The Morgan fingerprint density at radius 1 is 0.923 bits per heavy atom. The lowest BCUT2D eigenvalue weighted by atomic mass is 10.1. The van der Waals surface area contributed by atoms with Crippen molar-refractivity contribution in [3.8, 4) is 0 Å². The van der Waals surface area contributed by atoms with Crippen LogP contribution >= 0.6 is 0 Å². The summed E-state index contributed by atoms with van der Waals surface area (Å²) >= 11 is 0. The SMILES string of the molecule is CS(=O)(=O)Nc1cccc(NC(=O)[C@H](c2ccccc2)n2cccc2)c1. The van der Waals surface area contributed by atoms with Gasteiger partial charge < -0.3 is 9.88 Å². The summed E-state index contributed by atoms with van der Waals surface area (Å²) in [6.07, 6.45) is 4.74. The Bertz CT molecular complexity index is 984. The van der Waals surface area contributed by atoms with Gasteiger partial charge in [-0.15, -0.1) is 0 Å². The minimum absolute atomic E-state index is 0.219. The summed E-state index contributed by atoms with van der Waals surface area (Å²) in [6, 6.07) is 19.2. The van der Waals surface area contributed by atoms with Crippen LogP contribution < -0.4 is 10.0 Å². The first-order chi connectivity index (χ1) is 12.4. The molecule has 0 aliphatic rings. The van der Waals surface area contributed by atoms with Gasteiger partial charge in [0.05, 0.1) is 11.9 Å². The van der Waals surface area contributed by atoms with Crippen LogP contribution in [-0.4, -0.2) is 25.1 Å². The molecule has 7 heteroatoms. The molecule has 1 aromatic heterocycles. The summed E-state index contributed by atoms with van der Waals surface area (Å²) in [4.78, 5) is 12.9. The lowest BCUT2D eigenvalue weighted by Crippen LogP contribution is -2.26. The molecule has 0 spiro atoms. The molecule has 6 nitrogen and oxygen atoms in total. The highest BCUT2D eigenvalue weighted by Gasteiger charge is 2.21. The number of anilines is 2. The van der Waals surface area contributed by atoms with Gasteiger partial charge in [0.2, 0.25) is 10.0 Å². The van der Waals surface area contributed by atoms with Crippen LogP contribution in [0.5, 0.6) is 0 Å². The first-order valence-electron chi connectivity index (χ1n) is 7.98. The van der Waals surface area contributed by atoms with Gasteiger partial charge in [-0.25, -0.2) is 8.42 Å². The first-order valence-corrected chi connectivity index (χ1v) is 9.88. The van der Waals surface area contributed by atoms with Crippen LogP contribution in [0.4, 0.5) is 11.4 Å². The molecule has 0 radical (unpaired) electrons. The van der Waals surface area contributed by atoms with Crippen molar-refractivity contribution in [1.82, 2.24) is 4.57 Å². The van der Waals surface area contributed by atoms with E-state index in [1.165, 1.54) is 0 Å². The zero-order chi connectivity index (χ0) is 18.6. The predicted molar refractivity (Wildman–Crippen MR) is 103 cm³/mol. The molecule has 0 aliphatic heterocycles. The fourth-order valence-corrected chi connectivity index (χ4v) is 3.25. The third-order valence-corrected chi connectivity index (χ3v) is 4.33. The van der Waals surface area contributed by atoms with Crippen LogP contribution in [0.15, 0.2) is 79.1 Å². The van der Waals surface area contributed by atoms with Crippen LogP contribution in [0, 0.1) is 0 Å². The molecule has 134 valence electrons. The minimum atomic E-state index is -3.38. The van der Waals surface area contributed by atoms with Gasteiger partial charge in [0.15, 0.2) is 0 Å². The van der Waals surface area contributed by atoms with Gasteiger partial charge in [-0.2, -0.15) is 0 Å². The van der Waals surface area contributed by atoms with Crippen molar-refractivity contribution in [1.29, 1.82) is 0 Å². The van der Waals surface area contributed by atoms with Gasteiger partial charge in [-0.05, 0) is 35.9 Å². The second-order valence-electron chi connectivity index (χ2n) is 5.89. The van der Waals surface area contributed by atoms with Crippen molar-refractivity contribution in [2.75, 3.05) is 16.3 Å². The molecule has 1 heterocycles. The largest absolute Gasteiger partial charge is 0.338 e. The third-order valence-electron chi connectivity index (χ3n) is 3.72. The molecule has 2 aromatic carbocycles. The molecule has 1 atom stereocenters. The van der Waals surface area contributed by atoms with Crippen LogP contribution in [0.1, 0.15) is 11.6 Å². The monoisotopic (exact) mass is 369 g/mol. The van der Waals surface area contributed by atoms with Crippen LogP contribution in [0.2, 0.25) is 0 Å². The molecule has 0 bridgehead atoms. The number of nitrogens with zero attached hydrogens (tertiary/aromatic N) is 1. The van der Waals surface area contributed by atoms with E-state index in [0.29, 0.717) is 11.4 Å². The van der Waals surface area contributed by atoms with Gasteiger partial charge >= 0.3 is 0 Å². The maximum atomic E-state index is 12.9. The number of nitrogens with one attached hydrogen (secondary N) is 2. The lowest BCUT2D eigenvalue weighted by Gasteiger charge is -2.19. The molecule has 0 aliphatic carbocycles. The molecular weight excluding hydrogens is 350 g/mol. The van der Waals surface area contributed by atoms with E-state index in [4.69, 9.17) is 0 Å². The summed E-state index contributed by atoms with van der Waals surface area (Å²) in [6.45, 7) is 0. The van der Waals surface area contributed by atoms with E-state index >= 15 is 0 Å². The van der Waals surface area contributed by atoms with E-state index in [2.05, 4.69) is 10.0 Å². The highest BCUT2D eigenvalue weighted by molar-refractivity contribution is 7.92. The number of aromatic nitrogens is 1. The maximum Gasteiger partial charge on any atom is 0.252 e. The Morgan fingerprint density at radius 2 is 1.58 bits per heavy atom. The number of rotatable bonds is 6. The third kappa shape index (κ3) is 4.52. The number of hydrogen-bond acceptors (Lipinski definition) is 3. The quantitative estimate of drug-likeness (QED) is 0.701. The summed E-state index contributed by atoms with van der Waals surface area (Å²) in [5.41, 5.74) is 1.76. The molecule has 1 amide bonds. The average molecular weight is 369 g/mol. The van der Waals surface area contributed by atoms with Crippen LogP contribution in [0.3, 0.4) is 0 Å². The van der Waals surface area contributed by atoms with Crippen molar-refractivity contribution < 1.29 is 13.2 Å². The highest BCUT2D eigenvalue weighted by atomic mass is 32.2. The molecule has 0 fully saturated rings. The summed E-state index contributed by atoms with van der Waals surface area (Å²) in [7, 11) is -3.38. The lowest BCUT2D eigenvalue weighted by molar-refractivity contribution is -0.118. The fourth-order valence-electron chi connectivity index (χ4n) is 2.70. The summed E-state index contributed by atoms with van der Waals surface area (Å²) in [5.74, 6) is -0.219. The van der Waals surface area contributed by atoms with Gasteiger partial charge in [0.1, 0.15) is 6.04 Å². The number of amides is 1. The van der Waals surface area contributed by atoms with E-state index in [0.717, 1.165) is 11.8 Å². The normalized spacial score (nSPS) is 12.3. The van der Waals surface area contributed by atoms with E-state index in [1.54, 1.807) is 24.3 Å². The molecule has 0 saturated heterocycles. The van der Waals surface area contributed by atoms with Crippen molar-refractivity contribution in [2.45, 2.75) is 6.04 Å². The van der Waals surface area contributed by atoms with Gasteiger partial charge in [0.25, 0.3) is 5.91 Å². The Labute approximate surface area is 152 Å². The number of hydrogen-bond donors (Lipinski definition) is 2. The van der Waals surface area contributed by atoms with Crippen LogP contribution in [-0.2, 0) is 14.8 Å². The minimum Gasteiger partial charge on any atom is -0.338 e. The molecule has 26 heavy (non-hydrogen) atoms. The molecule has 0 unspecified atom stereocenters. The van der Waals surface area contributed by atoms with Crippen LogP contribution in [0.25, 0.3) is 0 Å². The standard InChI is InChI=1S/C19H19N3O3S/c1-26(24,25)21-17-11-7-10-16(14-17)20-19(23)18(22-12-5-6-13-22)15-8-3-2-4-9-15/h2-14,18,21H,1H3,(H,20,23)/t18-/m0/s1. The molecule has 3 rings (SSSR count). The van der Waals surface area contributed by atoms with Crippen molar-refractivity contribution in [3.05, 3.63) is 84.7 Å². The molecule has 2 N–H and O–H groups in total. The van der Waals surface area contributed by atoms with E-state index < -0.39 is 16.1 Å². The number of carbonyl (C=O) groups excluding carboxylic acids is 1. The maximum absolute atomic E-state index is 12.9. The van der Waals surface area contributed by atoms with E-state index in [-0.39, 0.29) is 5.91 Å². The smallest absolute Gasteiger partial charge is 0.252 e. The number of sulfonamides is 1. The van der Waals surface area contributed by atoms with Crippen molar-refractivity contribution in [2.24, 2.45) is 0 Å². The zero-order valence-corrected chi connectivity index (χ0v) is 15.0. The van der Waals surface area contributed by atoms with Gasteiger partial charge in [0, 0.05) is 18.1 Å². The van der Waals surface area contributed by atoms with Gasteiger partial charge in [-0.1, -0.05) is 36.4 Å². The van der Waals surface area contributed by atoms with Gasteiger partial charge in [-0.3, -0.25) is 9.52 Å². The number of carbonyl (C=O) groups is 1. The average Bonchev–Trinajstić information content (AvgIpc) is 3.09. The van der Waals surface area contributed by atoms with E-state index in [9.17, 15) is 13.2 Å². The van der Waals surface area contributed by atoms with Crippen molar-refractivity contribution >= 4 is 27.3 Å². The molecular formula is C19H19N3O3S. The fraction of sp³-hybridized carbons (Fsp3) is 0.105. The van der Waals surface area contributed by atoms with E-state index in [1.807, 2.05) is 59.4 Å². The summed E-state index contributed by atoms with van der Waals surface area (Å²) in [5, 5.41) is 2.86. The second kappa shape index (κ2) is 7.45. The molecule has 0 saturated carbocycles. The topological polar surface area (TPSA) is 80.2 Å². The first kappa shape index (κ1) is 17.8.